The van der Waals surface area contributed by atoms with Crippen LogP contribution in [0, 0.1) is 0 Å². The first kappa shape index (κ1) is 15.3. The summed E-state index contributed by atoms with van der Waals surface area (Å²) in [5, 5.41) is 0.544. The van der Waals surface area contributed by atoms with Crippen molar-refractivity contribution in [3.8, 4) is 16.2 Å². The molecule has 3 rings (SSSR count). The van der Waals surface area contributed by atoms with Crippen molar-refractivity contribution in [3.05, 3.63) is 71.8 Å². The first-order chi connectivity index (χ1) is 11.2. The molecule has 23 heavy (non-hydrogen) atoms. The minimum atomic E-state index is -0.0658. The van der Waals surface area contributed by atoms with Crippen molar-refractivity contribution in [2.45, 2.75) is 6.92 Å². The number of nitrogen functional groups attached to an aromatic ring is 1. The molecular weight excluding hydrogens is 306 g/mol. The van der Waals surface area contributed by atoms with E-state index in [9.17, 15) is 4.79 Å². The second kappa shape index (κ2) is 6.67. The quantitative estimate of drug-likeness (QED) is 0.697. The number of hydrogen-bond acceptors (Lipinski definition) is 4. The number of anilines is 1. The number of rotatable bonds is 5. The van der Waals surface area contributed by atoms with E-state index >= 15 is 0 Å². The second-order valence-corrected chi connectivity index (χ2v) is 6.12. The molecule has 0 amide bonds. The molecule has 0 bridgehead atoms. The molecule has 0 fully saturated rings. The summed E-state index contributed by atoms with van der Waals surface area (Å²) in [6, 6.07) is 18.9. The van der Waals surface area contributed by atoms with E-state index in [0.29, 0.717) is 22.7 Å². The summed E-state index contributed by atoms with van der Waals surface area (Å²) in [4.78, 5) is 13.7. The van der Waals surface area contributed by atoms with Gasteiger partial charge in [0.1, 0.15) is 5.75 Å². The Hall–Kier alpha value is -2.59. The van der Waals surface area contributed by atoms with Gasteiger partial charge in [-0.3, -0.25) is 4.79 Å². The Morgan fingerprint density at radius 1 is 1.09 bits per heavy atom. The van der Waals surface area contributed by atoms with Crippen molar-refractivity contribution in [1.82, 2.24) is 0 Å². The maximum Gasteiger partial charge on any atom is 0.196 e. The van der Waals surface area contributed by atoms with E-state index in [1.54, 1.807) is 24.3 Å². The number of ketones is 1. The van der Waals surface area contributed by atoms with Crippen molar-refractivity contribution >= 4 is 22.1 Å². The zero-order chi connectivity index (χ0) is 16.2. The largest absolute Gasteiger partial charge is 0.494 e. The summed E-state index contributed by atoms with van der Waals surface area (Å²) in [5.41, 5.74) is 8.29. The van der Waals surface area contributed by atoms with E-state index in [-0.39, 0.29) is 5.78 Å². The Kier molecular flexibility index (Phi) is 4.44. The molecule has 1 aromatic heterocycles. The van der Waals surface area contributed by atoms with Crippen LogP contribution in [0.4, 0.5) is 5.00 Å². The van der Waals surface area contributed by atoms with Gasteiger partial charge in [0, 0.05) is 10.4 Å². The minimum Gasteiger partial charge on any atom is -0.494 e. The normalized spacial score (nSPS) is 10.5. The van der Waals surface area contributed by atoms with E-state index in [1.807, 2.05) is 43.3 Å². The molecule has 0 radical (unpaired) electrons. The topological polar surface area (TPSA) is 52.3 Å². The van der Waals surface area contributed by atoms with Gasteiger partial charge in [-0.05, 0) is 42.8 Å². The minimum absolute atomic E-state index is 0.0658. The Bertz CT molecular complexity index is 807. The van der Waals surface area contributed by atoms with Gasteiger partial charge < -0.3 is 10.5 Å². The van der Waals surface area contributed by atoms with Crippen LogP contribution in [0.15, 0.2) is 60.7 Å². The third kappa shape index (κ3) is 3.27. The van der Waals surface area contributed by atoms with Gasteiger partial charge in [-0.1, -0.05) is 30.3 Å². The summed E-state index contributed by atoms with van der Waals surface area (Å²) in [7, 11) is 0. The van der Waals surface area contributed by atoms with Crippen molar-refractivity contribution in [2.24, 2.45) is 0 Å². The standard InChI is InChI=1S/C19H17NO2S/c1-2-22-15-10-8-14(9-11-15)18(21)16-12-17(23-19(16)20)13-6-4-3-5-7-13/h3-12H,2,20H2,1H3. The van der Waals surface area contributed by atoms with E-state index in [4.69, 9.17) is 10.5 Å². The van der Waals surface area contributed by atoms with Crippen molar-refractivity contribution in [1.29, 1.82) is 0 Å². The van der Waals surface area contributed by atoms with Gasteiger partial charge in [0.15, 0.2) is 5.78 Å². The Morgan fingerprint density at radius 2 is 1.78 bits per heavy atom. The van der Waals surface area contributed by atoms with Gasteiger partial charge in [-0.25, -0.2) is 0 Å². The molecule has 0 aliphatic carbocycles. The Balaban J connectivity index is 1.89. The van der Waals surface area contributed by atoms with Crippen molar-refractivity contribution in [2.75, 3.05) is 12.3 Å². The molecule has 0 aliphatic rings. The molecule has 0 spiro atoms. The maximum absolute atomic E-state index is 12.7. The highest BCUT2D eigenvalue weighted by molar-refractivity contribution is 7.19. The van der Waals surface area contributed by atoms with Gasteiger partial charge >= 0.3 is 0 Å². The molecule has 3 nitrogen and oxygen atoms in total. The van der Waals surface area contributed by atoms with Gasteiger partial charge in [-0.15, -0.1) is 11.3 Å². The highest BCUT2D eigenvalue weighted by Crippen LogP contribution is 2.34. The monoisotopic (exact) mass is 323 g/mol. The van der Waals surface area contributed by atoms with Gasteiger partial charge in [0.2, 0.25) is 0 Å². The van der Waals surface area contributed by atoms with Crippen LogP contribution in [0.5, 0.6) is 5.75 Å². The summed E-state index contributed by atoms with van der Waals surface area (Å²) >= 11 is 1.43. The maximum atomic E-state index is 12.7. The highest BCUT2D eigenvalue weighted by Gasteiger charge is 2.16. The van der Waals surface area contributed by atoms with E-state index in [0.717, 1.165) is 16.2 Å². The molecule has 0 unspecified atom stereocenters. The SMILES string of the molecule is CCOc1ccc(C(=O)c2cc(-c3ccccc3)sc2N)cc1. The van der Waals surface area contributed by atoms with Gasteiger partial charge in [-0.2, -0.15) is 0 Å². The smallest absolute Gasteiger partial charge is 0.196 e. The highest BCUT2D eigenvalue weighted by atomic mass is 32.1. The zero-order valence-corrected chi connectivity index (χ0v) is 13.6. The molecule has 0 saturated carbocycles. The lowest BCUT2D eigenvalue weighted by atomic mass is 10.0. The third-order valence-electron chi connectivity index (χ3n) is 3.49. The van der Waals surface area contributed by atoms with Crippen LogP contribution in [-0.4, -0.2) is 12.4 Å². The lowest BCUT2D eigenvalue weighted by Gasteiger charge is -2.04. The van der Waals surface area contributed by atoms with Crippen LogP contribution in [0.3, 0.4) is 0 Å². The Morgan fingerprint density at radius 3 is 2.43 bits per heavy atom. The fourth-order valence-electron chi connectivity index (χ4n) is 2.35. The average molecular weight is 323 g/mol. The fraction of sp³-hybridized carbons (Fsp3) is 0.105. The summed E-state index contributed by atoms with van der Waals surface area (Å²) in [6.07, 6.45) is 0. The lowest BCUT2D eigenvalue weighted by molar-refractivity contribution is 0.104. The molecule has 2 aromatic carbocycles. The molecular formula is C19H17NO2S. The first-order valence-electron chi connectivity index (χ1n) is 7.41. The average Bonchev–Trinajstić information content (AvgIpc) is 2.98. The van der Waals surface area contributed by atoms with Gasteiger partial charge in [0.05, 0.1) is 17.2 Å². The van der Waals surface area contributed by atoms with E-state index < -0.39 is 0 Å². The molecule has 4 heteroatoms. The predicted molar refractivity (Wildman–Crippen MR) is 95.2 cm³/mol. The van der Waals surface area contributed by atoms with Crippen LogP contribution < -0.4 is 10.5 Å². The van der Waals surface area contributed by atoms with Crippen LogP contribution in [-0.2, 0) is 0 Å². The van der Waals surface area contributed by atoms with Crippen LogP contribution in [0.2, 0.25) is 0 Å². The molecule has 2 N–H and O–H groups in total. The first-order valence-corrected chi connectivity index (χ1v) is 8.23. The van der Waals surface area contributed by atoms with Crippen LogP contribution in [0.1, 0.15) is 22.8 Å². The number of carbonyl (C=O) groups is 1. The molecule has 0 saturated heterocycles. The van der Waals surface area contributed by atoms with E-state index in [2.05, 4.69) is 0 Å². The number of thiophene rings is 1. The second-order valence-electron chi connectivity index (χ2n) is 5.04. The zero-order valence-electron chi connectivity index (χ0n) is 12.8. The number of benzene rings is 2. The summed E-state index contributed by atoms with van der Waals surface area (Å²) < 4.78 is 5.40. The van der Waals surface area contributed by atoms with Crippen LogP contribution >= 0.6 is 11.3 Å². The number of carbonyl (C=O) groups excluding carboxylic acids is 1. The van der Waals surface area contributed by atoms with Gasteiger partial charge in [0.25, 0.3) is 0 Å². The molecule has 116 valence electrons. The van der Waals surface area contributed by atoms with Crippen LogP contribution in [0.25, 0.3) is 10.4 Å². The number of ether oxygens (including phenoxy) is 1. The van der Waals surface area contributed by atoms with Crippen molar-refractivity contribution in [3.63, 3.8) is 0 Å². The third-order valence-corrected chi connectivity index (χ3v) is 4.50. The van der Waals surface area contributed by atoms with Crippen molar-refractivity contribution < 1.29 is 9.53 Å². The Labute approximate surface area is 139 Å². The fourth-order valence-corrected chi connectivity index (χ4v) is 3.28. The number of hydrogen-bond donors (Lipinski definition) is 1. The lowest BCUT2D eigenvalue weighted by Crippen LogP contribution is -2.02. The molecule has 1 heterocycles. The molecule has 3 aromatic rings. The molecule has 0 atom stereocenters. The summed E-state index contributed by atoms with van der Waals surface area (Å²) in [5.74, 6) is 0.691. The van der Waals surface area contributed by atoms with E-state index in [1.165, 1.54) is 11.3 Å². The number of nitrogens with two attached hydrogens (primary N) is 1. The summed E-state index contributed by atoms with van der Waals surface area (Å²) in [6.45, 7) is 2.53. The predicted octanol–water partition coefficient (Wildman–Crippen LogP) is 4.63. The molecule has 0 aliphatic heterocycles.